The highest BCUT2D eigenvalue weighted by Crippen LogP contribution is 2.43. The summed E-state index contributed by atoms with van der Waals surface area (Å²) in [7, 11) is 0. The van der Waals surface area contributed by atoms with E-state index >= 15 is 0 Å². The van der Waals surface area contributed by atoms with Gasteiger partial charge in [-0.3, -0.25) is 9.89 Å². The topological polar surface area (TPSA) is 85.4 Å². The number of pyridine rings is 1. The number of piperidine rings is 2. The van der Waals surface area contributed by atoms with Gasteiger partial charge in [-0.05, 0) is 44.1 Å². The van der Waals surface area contributed by atoms with E-state index in [0.29, 0.717) is 18.9 Å². The van der Waals surface area contributed by atoms with Crippen molar-refractivity contribution in [3.63, 3.8) is 0 Å². The number of aromatic nitrogens is 3. The molecule has 138 valence electrons. The van der Waals surface area contributed by atoms with E-state index in [1.54, 1.807) is 6.20 Å². The van der Waals surface area contributed by atoms with E-state index in [9.17, 15) is 9.90 Å². The number of aliphatic hydroxyl groups is 1. The van der Waals surface area contributed by atoms with E-state index in [1.165, 1.54) is 12.8 Å². The van der Waals surface area contributed by atoms with Gasteiger partial charge in [0.2, 0.25) is 5.91 Å². The van der Waals surface area contributed by atoms with Gasteiger partial charge in [0, 0.05) is 32.4 Å². The van der Waals surface area contributed by atoms with Crippen molar-refractivity contribution in [2.45, 2.75) is 38.2 Å². The first-order valence-corrected chi connectivity index (χ1v) is 9.65. The number of aliphatic hydroxyl groups excluding tert-OH is 1. The molecule has 2 aromatic rings. The molecule has 5 rings (SSSR count). The van der Waals surface area contributed by atoms with Crippen molar-refractivity contribution in [3.05, 3.63) is 18.5 Å². The number of nitrogens with zero attached hydrogens (tertiary/aromatic N) is 4. The summed E-state index contributed by atoms with van der Waals surface area (Å²) in [6.45, 7) is 2.99. The lowest BCUT2D eigenvalue weighted by molar-refractivity contribution is -0.154. The van der Waals surface area contributed by atoms with Gasteiger partial charge in [-0.1, -0.05) is 0 Å². The van der Waals surface area contributed by atoms with Crippen LogP contribution in [0.4, 0.5) is 5.69 Å². The highest BCUT2D eigenvalue weighted by Gasteiger charge is 2.49. The normalized spacial score (nSPS) is 26.0. The van der Waals surface area contributed by atoms with Gasteiger partial charge in [-0.2, -0.15) is 5.10 Å². The summed E-state index contributed by atoms with van der Waals surface area (Å²) in [4.78, 5) is 21.8. The van der Waals surface area contributed by atoms with Crippen molar-refractivity contribution in [3.8, 4) is 0 Å². The van der Waals surface area contributed by atoms with E-state index < -0.39 is 0 Å². The highest BCUT2D eigenvalue weighted by atomic mass is 16.3. The number of fused-ring (bicyclic) bond motifs is 1. The number of nitrogens with one attached hydrogen (secondary N) is 1. The number of carbonyl (C=O) groups excluding carboxylic acids is 1. The van der Waals surface area contributed by atoms with E-state index in [1.807, 2.05) is 17.2 Å². The lowest BCUT2D eigenvalue weighted by atomic mass is 9.70. The van der Waals surface area contributed by atoms with Crippen LogP contribution in [0.25, 0.3) is 11.0 Å². The number of hydrogen-bond acceptors (Lipinski definition) is 5. The van der Waals surface area contributed by atoms with Gasteiger partial charge >= 0.3 is 0 Å². The smallest absolute Gasteiger partial charge is 0.229 e. The molecule has 1 unspecified atom stereocenters. The minimum atomic E-state index is -0.389. The predicted molar refractivity (Wildman–Crippen MR) is 97.7 cm³/mol. The van der Waals surface area contributed by atoms with E-state index in [-0.39, 0.29) is 17.4 Å². The molecule has 2 N–H and O–H groups in total. The third-order valence-electron chi connectivity index (χ3n) is 6.37. The molecule has 7 heteroatoms. The zero-order valence-electron chi connectivity index (χ0n) is 14.9. The lowest BCUT2D eigenvalue weighted by Gasteiger charge is -2.48. The van der Waals surface area contributed by atoms with Gasteiger partial charge < -0.3 is 14.9 Å². The van der Waals surface area contributed by atoms with Crippen molar-refractivity contribution >= 4 is 22.6 Å². The van der Waals surface area contributed by atoms with Gasteiger partial charge in [0.15, 0.2) is 5.65 Å². The molecule has 0 bridgehead atoms. The van der Waals surface area contributed by atoms with E-state index in [2.05, 4.69) is 20.1 Å². The lowest BCUT2D eigenvalue weighted by Crippen LogP contribution is -2.58. The van der Waals surface area contributed by atoms with Crippen LogP contribution in [0.1, 0.15) is 32.1 Å². The standard InChI is InChI=1S/C19H25N5O2/c25-14-9-19(18(26)24(12-14)11-13-1-2-13)4-7-23(8-5-19)16-3-6-20-17-15(16)10-21-22-17/h3,6,10,13-14,25H,1-2,4-5,7-9,11-12H2,(H,20,21,22). The number of aromatic amines is 1. The van der Waals surface area contributed by atoms with Crippen LogP contribution in [0.5, 0.6) is 0 Å². The number of hydrogen-bond donors (Lipinski definition) is 2. The second kappa shape index (κ2) is 5.94. The Morgan fingerprint density at radius 3 is 2.88 bits per heavy atom. The van der Waals surface area contributed by atoms with E-state index in [4.69, 9.17) is 0 Å². The van der Waals surface area contributed by atoms with E-state index in [0.717, 1.165) is 49.2 Å². The molecular weight excluding hydrogens is 330 g/mol. The number of carbonyl (C=O) groups is 1. The Hall–Kier alpha value is -2.15. The number of anilines is 1. The minimum absolute atomic E-state index is 0.275. The fourth-order valence-corrected chi connectivity index (χ4v) is 4.75. The van der Waals surface area contributed by atoms with Crippen molar-refractivity contribution in [1.82, 2.24) is 20.1 Å². The zero-order chi connectivity index (χ0) is 17.7. The Morgan fingerprint density at radius 1 is 1.31 bits per heavy atom. The first-order valence-electron chi connectivity index (χ1n) is 9.65. The van der Waals surface area contributed by atoms with Crippen molar-refractivity contribution < 1.29 is 9.90 Å². The van der Waals surface area contributed by atoms with Crippen LogP contribution >= 0.6 is 0 Å². The summed E-state index contributed by atoms with van der Waals surface area (Å²) in [5.74, 6) is 0.935. The maximum absolute atomic E-state index is 13.2. The Balaban J connectivity index is 1.35. The average molecular weight is 355 g/mol. The van der Waals surface area contributed by atoms with Crippen LogP contribution in [0, 0.1) is 11.3 Å². The summed E-state index contributed by atoms with van der Waals surface area (Å²) in [6.07, 6.45) is 7.88. The molecule has 3 fully saturated rings. The third-order valence-corrected chi connectivity index (χ3v) is 6.37. The first kappa shape index (κ1) is 16.1. The number of H-pyrrole nitrogens is 1. The van der Waals surface area contributed by atoms with Gasteiger partial charge in [0.25, 0.3) is 0 Å². The number of amides is 1. The molecule has 2 saturated heterocycles. The molecule has 26 heavy (non-hydrogen) atoms. The Bertz CT molecular complexity index is 820. The molecule has 0 radical (unpaired) electrons. The van der Waals surface area contributed by atoms with Gasteiger partial charge in [-0.15, -0.1) is 0 Å². The number of likely N-dealkylation sites (tertiary alicyclic amines) is 1. The maximum atomic E-state index is 13.2. The quantitative estimate of drug-likeness (QED) is 0.872. The molecule has 1 amide bonds. The fraction of sp³-hybridized carbons (Fsp3) is 0.632. The molecule has 7 nitrogen and oxygen atoms in total. The largest absolute Gasteiger partial charge is 0.391 e. The maximum Gasteiger partial charge on any atom is 0.229 e. The summed E-state index contributed by atoms with van der Waals surface area (Å²) in [6, 6.07) is 2.02. The SMILES string of the molecule is O=C1N(CC2CC2)CC(O)CC12CCN(c1ccnc3[nH]ncc13)CC2. The summed E-state index contributed by atoms with van der Waals surface area (Å²) >= 11 is 0. The second-order valence-corrected chi connectivity index (χ2v) is 8.24. The predicted octanol–water partition coefficient (Wildman–Crippen LogP) is 1.55. The van der Waals surface area contributed by atoms with Crippen LogP contribution in [0.2, 0.25) is 0 Å². The molecule has 1 saturated carbocycles. The van der Waals surface area contributed by atoms with Crippen molar-refractivity contribution in [1.29, 1.82) is 0 Å². The van der Waals surface area contributed by atoms with Crippen LogP contribution < -0.4 is 4.90 Å². The van der Waals surface area contributed by atoms with Crippen LogP contribution in [-0.2, 0) is 4.79 Å². The molecule has 1 spiro atoms. The molecule has 4 heterocycles. The fourth-order valence-electron chi connectivity index (χ4n) is 4.75. The molecule has 3 aliphatic rings. The summed E-state index contributed by atoms with van der Waals surface area (Å²) < 4.78 is 0. The molecule has 2 aliphatic heterocycles. The van der Waals surface area contributed by atoms with Crippen LogP contribution in [-0.4, -0.2) is 63.4 Å². The molecular formula is C19H25N5O2. The molecule has 0 aromatic carbocycles. The second-order valence-electron chi connectivity index (χ2n) is 8.24. The van der Waals surface area contributed by atoms with Gasteiger partial charge in [0.1, 0.15) is 0 Å². The zero-order valence-corrected chi connectivity index (χ0v) is 14.9. The molecule has 1 aliphatic carbocycles. The van der Waals surface area contributed by atoms with Gasteiger partial charge in [-0.25, -0.2) is 4.98 Å². The van der Waals surface area contributed by atoms with Crippen LogP contribution in [0.15, 0.2) is 18.5 Å². The highest BCUT2D eigenvalue weighted by molar-refractivity contribution is 5.89. The third kappa shape index (κ3) is 2.65. The molecule has 2 aromatic heterocycles. The Morgan fingerprint density at radius 2 is 2.12 bits per heavy atom. The Kier molecular flexibility index (Phi) is 3.67. The average Bonchev–Trinajstić information content (AvgIpc) is 3.32. The monoisotopic (exact) mass is 355 g/mol. The Labute approximate surface area is 152 Å². The number of β-amino-alcohol motifs (C(OH)–C–C–N with tert-alkyl or cyclic N) is 1. The summed E-state index contributed by atoms with van der Waals surface area (Å²) in [5.41, 5.74) is 1.53. The number of rotatable bonds is 3. The molecule has 1 atom stereocenters. The summed E-state index contributed by atoms with van der Waals surface area (Å²) in [5, 5.41) is 18.5. The first-order chi connectivity index (χ1) is 12.6. The van der Waals surface area contributed by atoms with Crippen LogP contribution in [0.3, 0.4) is 0 Å². The van der Waals surface area contributed by atoms with Crippen molar-refractivity contribution in [2.24, 2.45) is 11.3 Å². The van der Waals surface area contributed by atoms with Crippen molar-refractivity contribution in [2.75, 3.05) is 31.1 Å². The van der Waals surface area contributed by atoms with Gasteiger partial charge in [0.05, 0.1) is 28.8 Å². The minimum Gasteiger partial charge on any atom is -0.391 e.